The predicted molar refractivity (Wildman–Crippen MR) is 87.6 cm³/mol. The standard InChI is InChI=1S/C15H14ClN5O2/c1-2-3-12(22)17-11-8-13(23)18-15-19-14(20-21(11)15)9-4-6-10(16)7-5-9/h4-8H,2-3H2,1H3,(H,17,22)(H,18,19,20,23). The Bertz CT molecular complexity index is 914. The first-order valence-electron chi connectivity index (χ1n) is 7.12. The highest BCUT2D eigenvalue weighted by Crippen LogP contribution is 2.19. The number of carbonyl (C=O) groups excluding carboxylic acids is 1. The lowest BCUT2D eigenvalue weighted by molar-refractivity contribution is -0.116. The van der Waals surface area contributed by atoms with Gasteiger partial charge in [0, 0.05) is 23.1 Å². The fourth-order valence-corrected chi connectivity index (χ4v) is 2.26. The number of nitrogens with one attached hydrogen (secondary N) is 2. The Morgan fingerprint density at radius 3 is 2.78 bits per heavy atom. The van der Waals surface area contributed by atoms with E-state index in [1.807, 2.05) is 6.92 Å². The van der Waals surface area contributed by atoms with Gasteiger partial charge < -0.3 is 5.32 Å². The molecule has 23 heavy (non-hydrogen) atoms. The molecule has 0 spiro atoms. The molecule has 0 aliphatic rings. The quantitative estimate of drug-likeness (QED) is 0.768. The lowest BCUT2D eigenvalue weighted by Gasteiger charge is -2.04. The van der Waals surface area contributed by atoms with Gasteiger partial charge in [0.15, 0.2) is 5.82 Å². The molecule has 0 bridgehead atoms. The van der Waals surface area contributed by atoms with E-state index in [0.717, 1.165) is 5.56 Å². The maximum Gasteiger partial charge on any atom is 0.254 e. The molecule has 3 aromatic rings. The van der Waals surface area contributed by atoms with Crippen LogP contribution in [0.2, 0.25) is 5.02 Å². The van der Waals surface area contributed by atoms with Gasteiger partial charge in [-0.2, -0.15) is 9.50 Å². The van der Waals surface area contributed by atoms with Gasteiger partial charge in [0.05, 0.1) is 0 Å². The van der Waals surface area contributed by atoms with Gasteiger partial charge in [-0.25, -0.2) is 0 Å². The Kier molecular flexibility index (Phi) is 4.12. The third-order valence-corrected chi connectivity index (χ3v) is 3.44. The molecule has 0 unspecified atom stereocenters. The van der Waals surface area contributed by atoms with Crippen molar-refractivity contribution >= 4 is 29.1 Å². The number of benzene rings is 1. The first-order chi connectivity index (χ1) is 11.1. The van der Waals surface area contributed by atoms with Crippen molar-refractivity contribution < 1.29 is 4.79 Å². The van der Waals surface area contributed by atoms with E-state index >= 15 is 0 Å². The van der Waals surface area contributed by atoms with E-state index in [-0.39, 0.29) is 23.1 Å². The maximum atomic E-state index is 11.8. The van der Waals surface area contributed by atoms with Crippen molar-refractivity contribution in [3.63, 3.8) is 0 Å². The number of hydrogen-bond donors (Lipinski definition) is 2. The van der Waals surface area contributed by atoms with E-state index in [0.29, 0.717) is 23.7 Å². The van der Waals surface area contributed by atoms with Gasteiger partial charge in [0.25, 0.3) is 5.56 Å². The molecule has 7 nitrogen and oxygen atoms in total. The summed E-state index contributed by atoms with van der Waals surface area (Å²) in [5, 5.41) is 7.64. The average molecular weight is 332 g/mol. The molecule has 0 saturated carbocycles. The number of halogens is 1. The molecule has 0 radical (unpaired) electrons. The van der Waals surface area contributed by atoms with Crippen LogP contribution in [0.3, 0.4) is 0 Å². The third kappa shape index (κ3) is 3.24. The summed E-state index contributed by atoms with van der Waals surface area (Å²) in [6, 6.07) is 8.31. The van der Waals surface area contributed by atoms with Crippen LogP contribution >= 0.6 is 11.6 Å². The zero-order chi connectivity index (χ0) is 16.4. The van der Waals surface area contributed by atoms with Crippen molar-refractivity contribution in [2.75, 3.05) is 5.32 Å². The van der Waals surface area contributed by atoms with Crippen LogP contribution in [-0.4, -0.2) is 25.5 Å². The lowest BCUT2D eigenvalue weighted by Crippen LogP contribution is -2.18. The van der Waals surface area contributed by atoms with Crippen LogP contribution < -0.4 is 10.9 Å². The molecule has 118 valence electrons. The van der Waals surface area contributed by atoms with Crippen molar-refractivity contribution in [2.24, 2.45) is 0 Å². The van der Waals surface area contributed by atoms with Crippen LogP contribution in [0.15, 0.2) is 35.1 Å². The van der Waals surface area contributed by atoms with Gasteiger partial charge in [0.1, 0.15) is 5.82 Å². The monoisotopic (exact) mass is 331 g/mol. The van der Waals surface area contributed by atoms with Crippen molar-refractivity contribution in [1.82, 2.24) is 19.6 Å². The normalized spacial score (nSPS) is 10.9. The third-order valence-electron chi connectivity index (χ3n) is 3.19. The second-order valence-corrected chi connectivity index (χ2v) is 5.43. The number of fused-ring (bicyclic) bond motifs is 1. The largest absolute Gasteiger partial charge is 0.310 e. The molecule has 0 aliphatic heterocycles. The van der Waals surface area contributed by atoms with Crippen LogP contribution in [0.5, 0.6) is 0 Å². The van der Waals surface area contributed by atoms with Crippen LogP contribution in [-0.2, 0) is 4.79 Å². The van der Waals surface area contributed by atoms with E-state index in [1.165, 1.54) is 10.6 Å². The molecule has 0 aliphatic carbocycles. The number of nitrogens with zero attached hydrogens (tertiary/aromatic N) is 3. The molecule has 3 rings (SSSR count). The molecule has 0 atom stereocenters. The fraction of sp³-hybridized carbons (Fsp3) is 0.200. The molecule has 2 N–H and O–H groups in total. The molecule has 2 heterocycles. The fourth-order valence-electron chi connectivity index (χ4n) is 2.14. The van der Waals surface area contributed by atoms with Gasteiger partial charge in [-0.05, 0) is 30.7 Å². The second-order valence-electron chi connectivity index (χ2n) is 4.99. The number of rotatable bonds is 4. The molecule has 0 saturated heterocycles. The lowest BCUT2D eigenvalue weighted by atomic mass is 10.2. The Morgan fingerprint density at radius 2 is 2.09 bits per heavy atom. The number of anilines is 1. The van der Waals surface area contributed by atoms with Crippen LogP contribution in [0.4, 0.5) is 5.82 Å². The summed E-state index contributed by atoms with van der Waals surface area (Å²) in [5.41, 5.74) is 0.393. The number of amides is 1. The van der Waals surface area contributed by atoms with E-state index < -0.39 is 0 Å². The van der Waals surface area contributed by atoms with Gasteiger partial charge in [-0.15, -0.1) is 5.10 Å². The van der Waals surface area contributed by atoms with Gasteiger partial charge in [0.2, 0.25) is 11.7 Å². The summed E-state index contributed by atoms with van der Waals surface area (Å²) in [6.45, 7) is 1.90. The summed E-state index contributed by atoms with van der Waals surface area (Å²) in [6.07, 6.45) is 1.08. The van der Waals surface area contributed by atoms with Crippen LogP contribution in [0.25, 0.3) is 17.2 Å². The summed E-state index contributed by atoms with van der Waals surface area (Å²) in [5.74, 6) is 0.793. The first kappa shape index (κ1) is 15.2. The van der Waals surface area contributed by atoms with E-state index in [9.17, 15) is 9.59 Å². The number of aromatic amines is 1. The summed E-state index contributed by atoms with van der Waals surface area (Å²) in [4.78, 5) is 30.4. The summed E-state index contributed by atoms with van der Waals surface area (Å²) < 4.78 is 1.40. The number of H-pyrrole nitrogens is 1. The van der Waals surface area contributed by atoms with Crippen LogP contribution in [0, 0.1) is 0 Å². The highest BCUT2D eigenvalue weighted by molar-refractivity contribution is 6.30. The highest BCUT2D eigenvalue weighted by Gasteiger charge is 2.12. The summed E-state index contributed by atoms with van der Waals surface area (Å²) in [7, 11) is 0. The minimum absolute atomic E-state index is 0.178. The van der Waals surface area contributed by atoms with Crippen molar-refractivity contribution in [1.29, 1.82) is 0 Å². The second kappa shape index (κ2) is 6.21. The SMILES string of the molecule is CCCC(=O)Nc1cc(=O)[nH]c2nc(-c3ccc(Cl)cc3)nn12. The van der Waals surface area contributed by atoms with Gasteiger partial charge >= 0.3 is 0 Å². The smallest absolute Gasteiger partial charge is 0.254 e. The number of hydrogen-bond acceptors (Lipinski definition) is 4. The first-order valence-corrected chi connectivity index (χ1v) is 7.50. The molecular formula is C15H14ClN5O2. The minimum atomic E-state index is -0.362. The van der Waals surface area contributed by atoms with Gasteiger partial charge in [-0.3, -0.25) is 14.6 Å². The van der Waals surface area contributed by atoms with E-state index in [1.54, 1.807) is 24.3 Å². The van der Waals surface area contributed by atoms with Gasteiger partial charge in [-0.1, -0.05) is 18.5 Å². The zero-order valence-corrected chi connectivity index (χ0v) is 13.1. The van der Waals surface area contributed by atoms with Crippen molar-refractivity contribution in [2.45, 2.75) is 19.8 Å². The topological polar surface area (TPSA) is 92.1 Å². The minimum Gasteiger partial charge on any atom is -0.310 e. The Balaban J connectivity index is 2.06. The molecule has 1 aromatic carbocycles. The summed E-state index contributed by atoms with van der Waals surface area (Å²) >= 11 is 5.87. The van der Waals surface area contributed by atoms with Crippen molar-refractivity contribution in [3.05, 3.63) is 45.7 Å². The Morgan fingerprint density at radius 1 is 1.35 bits per heavy atom. The highest BCUT2D eigenvalue weighted by atomic mass is 35.5. The number of aromatic nitrogens is 4. The Labute approximate surface area is 136 Å². The molecule has 2 aromatic heterocycles. The Hall–Kier alpha value is -2.67. The van der Waals surface area contributed by atoms with E-state index in [4.69, 9.17) is 11.6 Å². The molecule has 0 fully saturated rings. The molecule has 1 amide bonds. The number of carbonyl (C=O) groups is 1. The predicted octanol–water partition coefficient (Wildman–Crippen LogP) is 2.48. The average Bonchev–Trinajstić information content (AvgIpc) is 2.92. The molecule has 8 heteroatoms. The molecular weight excluding hydrogens is 318 g/mol. The van der Waals surface area contributed by atoms with Crippen molar-refractivity contribution in [3.8, 4) is 11.4 Å². The maximum absolute atomic E-state index is 11.8. The van der Waals surface area contributed by atoms with Crippen LogP contribution in [0.1, 0.15) is 19.8 Å². The van der Waals surface area contributed by atoms with E-state index in [2.05, 4.69) is 20.4 Å². The zero-order valence-electron chi connectivity index (χ0n) is 12.3.